The number of rotatable bonds is 7. The molecule has 0 rings (SSSR count). The van der Waals surface area contributed by atoms with Crippen molar-refractivity contribution in [2.75, 3.05) is 12.5 Å². The van der Waals surface area contributed by atoms with E-state index in [1.54, 1.807) is 0 Å². The molecule has 0 amide bonds. The van der Waals surface area contributed by atoms with Crippen LogP contribution in [0.1, 0.15) is 13.8 Å². The van der Waals surface area contributed by atoms with Crippen LogP contribution >= 0.6 is 0 Å². The number of carbonyl (C=O) groups is 2. The van der Waals surface area contributed by atoms with Crippen LogP contribution < -0.4 is 0 Å². The van der Waals surface area contributed by atoms with E-state index in [0.29, 0.717) is 26.4 Å². The van der Waals surface area contributed by atoms with Gasteiger partial charge in [0.15, 0.2) is 0 Å². The number of hydrogen-bond donors (Lipinski definition) is 2. The van der Waals surface area contributed by atoms with Gasteiger partial charge in [-0.3, -0.25) is 0 Å². The molecule has 0 bridgehead atoms. The van der Waals surface area contributed by atoms with Crippen LogP contribution in [0.4, 0.5) is 0 Å². The van der Waals surface area contributed by atoms with Crippen molar-refractivity contribution in [3.05, 3.63) is 0 Å². The van der Waals surface area contributed by atoms with E-state index in [1.165, 1.54) is 0 Å². The van der Waals surface area contributed by atoms with Gasteiger partial charge >= 0.3 is 11.9 Å². The van der Waals surface area contributed by atoms with Gasteiger partial charge in [-0.15, -0.1) is 0 Å². The van der Waals surface area contributed by atoms with E-state index in [4.69, 9.17) is 10.2 Å². The molecule has 0 saturated carbocycles. The van der Waals surface area contributed by atoms with Gasteiger partial charge in [0.05, 0.1) is 12.5 Å². The summed E-state index contributed by atoms with van der Waals surface area (Å²) in [6.07, 6.45) is 0.966. The Kier molecular flexibility index (Phi) is 4.95. The van der Waals surface area contributed by atoms with Gasteiger partial charge in [-0.2, -0.15) is 16.8 Å². The van der Waals surface area contributed by atoms with Crippen LogP contribution in [0, 0.1) is 0 Å². The summed E-state index contributed by atoms with van der Waals surface area (Å²) >= 11 is 0. The zero-order valence-corrected chi connectivity index (χ0v) is 12.6. The maximum atomic E-state index is 11.2. The molecule has 0 radical (unpaired) electrons. The molecule has 12 heteroatoms. The summed E-state index contributed by atoms with van der Waals surface area (Å²) in [5.74, 6) is -4.06. The molecule has 0 aromatic carbocycles. The fourth-order valence-electron chi connectivity index (χ4n) is 1.24. The molecular formula is C8H14O10S2. The molecule has 0 aliphatic carbocycles. The van der Waals surface area contributed by atoms with Crippen molar-refractivity contribution < 1.29 is 45.0 Å². The first-order chi connectivity index (χ1) is 8.55. The summed E-state index contributed by atoms with van der Waals surface area (Å²) in [4.78, 5) is 22.4. The SMILES string of the molecule is CC(OS(C)(=O)=O)(C(=O)O)C(C)(OS(C)(=O)=O)C(=O)O. The maximum absolute atomic E-state index is 11.2. The summed E-state index contributed by atoms with van der Waals surface area (Å²) in [6.45, 7) is 1.16. The summed E-state index contributed by atoms with van der Waals surface area (Å²) in [7, 11) is -8.84. The first-order valence-electron chi connectivity index (χ1n) is 4.83. The van der Waals surface area contributed by atoms with E-state index >= 15 is 0 Å². The molecule has 0 aromatic heterocycles. The van der Waals surface area contributed by atoms with Gasteiger partial charge in [0, 0.05) is 0 Å². The second-order valence-electron chi connectivity index (χ2n) is 4.25. The van der Waals surface area contributed by atoms with Crippen LogP contribution in [0.5, 0.6) is 0 Å². The summed E-state index contributed by atoms with van der Waals surface area (Å²) in [6, 6.07) is 0. The Labute approximate surface area is 115 Å². The van der Waals surface area contributed by atoms with Crippen molar-refractivity contribution in [1.82, 2.24) is 0 Å². The lowest BCUT2D eigenvalue weighted by Gasteiger charge is -2.36. The molecular weight excluding hydrogens is 320 g/mol. The van der Waals surface area contributed by atoms with E-state index in [0.717, 1.165) is 0 Å². The van der Waals surface area contributed by atoms with Gasteiger partial charge < -0.3 is 10.2 Å². The highest BCUT2D eigenvalue weighted by atomic mass is 32.2. The van der Waals surface area contributed by atoms with Crippen molar-refractivity contribution in [3.63, 3.8) is 0 Å². The highest BCUT2D eigenvalue weighted by Gasteiger charge is 2.62. The average molecular weight is 334 g/mol. The molecule has 2 N–H and O–H groups in total. The third kappa shape index (κ3) is 4.13. The number of carboxylic acid groups (broad SMARTS) is 2. The van der Waals surface area contributed by atoms with E-state index in [9.17, 15) is 26.4 Å². The largest absolute Gasteiger partial charge is 0.479 e. The lowest BCUT2D eigenvalue weighted by atomic mass is 9.86. The minimum atomic E-state index is -4.42. The second kappa shape index (κ2) is 5.27. The van der Waals surface area contributed by atoms with Gasteiger partial charge in [0.25, 0.3) is 20.2 Å². The van der Waals surface area contributed by atoms with Gasteiger partial charge in [-0.1, -0.05) is 0 Å². The molecule has 20 heavy (non-hydrogen) atoms. The normalized spacial score (nSPS) is 18.8. The summed E-state index contributed by atoms with van der Waals surface area (Å²) in [5, 5.41) is 18.1. The average Bonchev–Trinajstić information content (AvgIpc) is 2.10. The number of aliphatic carboxylic acids is 2. The van der Waals surface area contributed by atoms with Crippen LogP contribution in [0.2, 0.25) is 0 Å². The van der Waals surface area contributed by atoms with Crippen LogP contribution in [-0.2, 0) is 38.2 Å². The fraction of sp³-hybridized carbons (Fsp3) is 0.750. The van der Waals surface area contributed by atoms with Crippen molar-refractivity contribution >= 4 is 32.2 Å². The highest BCUT2D eigenvalue weighted by molar-refractivity contribution is 7.86. The Morgan fingerprint density at radius 3 is 1.10 bits per heavy atom. The first-order valence-corrected chi connectivity index (χ1v) is 8.46. The molecule has 118 valence electrons. The summed E-state index contributed by atoms with van der Waals surface area (Å²) in [5.41, 5.74) is -6.01. The standard InChI is InChI=1S/C8H14O10S2/c1-7(5(9)10,17-19(3,13)14)8(2,6(11)12)18-20(4,15)16/h1-4H3,(H,9,10)(H,11,12). The molecule has 0 heterocycles. The number of hydrogen-bond acceptors (Lipinski definition) is 8. The fourth-order valence-corrected chi connectivity index (χ4v) is 2.92. The highest BCUT2D eigenvalue weighted by Crippen LogP contribution is 2.33. The molecule has 2 atom stereocenters. The van der Waals surface area contributed by atoms with E-state index in [2.05, 4.69) is 8.37 Å². The molecule has 0 aromatic rings. The van der Waals surface area contributed by atoms with Crippen molar-refractivity contribution in [2.24, 2.45) is 0 Å². The molecule has 0 saturated heterocycles. The quantitative estimate of drug-likeness (QED) is 0.531. The minimum absolute atomic E-state index is 0.483. The van der Waals surface area contributed by atoms with Crippen LogP contribution in [0.3, 0.4) is 0 Å². The third-order valence-electron chi connectivity index (χ3n) is 2.36. The number of carboxylic acids is 2. The third-order valence-corrected chi connectivity index (χ3v) is 3.63. The molecule has 10 nitrogen and oxygen atoms in total. The topological polar surface area (TPSA) is 161 Å². The zero-order valence-electron chi connectivity index (χ0n) is 11.0. The monoisotopic (exact) mass is 334 g/mol. The lowest BCUT2D eigenvalue weighted by molar-refractivity contribution is -0.188. The van der Waals surface area contributed by atoms with E-state index in [1.807, 2.05) is 0 Å². The minimum Gasteiger partial charge on any atom is -0.479 e. The zero-order chi connectivity index (χ0) is 16.6. The van der Waals surface area contributed by atoms with Crippen molar-refractivity contribution in [1.29, 1.82) is 0 Å². The van der Waals surface area contributed by atoms with Crippen LogP contribution in [0.15, 0.2) is 0 Å². The Bertz CT molecular complexity index is 562. The van der Waals surface area contributed by atoms with E-state index in [-0.39, 0.29) is 0 Å². The van der Waals surface area contributed by atoms with Crippen LogP contribution in [0.25, 0.3) is 0 Å². The van der Waals surface area contributed by atoms with Crippen molar-refractivity contribution in [2.45, 2.75) is 25.0 Å². The first kappa shape index (κ1) is 18.8. The summed E-state index contributed by atoms with van der Waals surface area (Å²) < 4.78 is 52.9. The predicted molar refractivity (Wildman–Crippen MR) is 63.9 cm³/mol. The van der Waals surface area contributed by atoms with Gasteiger partial charge in [-0.25, -0.2) is 18.0 Å². The molecule has 2 unspecified atom stereocenters. The van der Waals surface area contributed by atoms with Gasteiger partial charge in [0.2, 0.25) is 11.2 Å². The molecule has 0 aliphatic heterocycles. The Hall–Kier alpha value is -1.24. The molecule has 0 spiro atoms. The Morgan fingerprint density at radius 2 is 1.00 bits per heavy atom. The van der Waals surface area contributed by atoms with E-state index < -0.39 is 43.4 Å². The van der Waals surface area contributed by atoms with Crippen LogP contribution in [-0.4, -0.2) is 62.7 Å². The molecule has 0 aliphatic rings. The second-order valence-corrected chi connectivity index (χ2v) is 7.40. The lowest BCUT2D eigenvalue weighted by Crippen LogP contribution is -2.64. The van der Waals surface area contributed by atoms with Gasteiger partial charge in [-0.05, 0) is 13.8 Å². The maximum Gasteiger partial charge on any atom is 0.341 e. The Morgan fingerprint density at radius 1 is 0.800 bits per heavy atom. The smallest absolute Gasteiger partial charge is 0.341 e. The Balaban J connectivity index is 6.21. The van der Waals surface area contributed by atoms with Crippen molar-refractivity contribution in [3.8, 4) is 0 Å². The van der Waals surface area contributed by atoms with Gasteiger partial charge in [0.1, 0.15) is 0 Å². The molecule has 0 fully saturated rings. The predicted octanol–water partition coefficient (Wildman–Crippen LogP) is -1.37.